The van der Waals surface area contributed by atoms with E-state index in [0.717, 1.165) is 0 Å². The van der Waals surface area contributed by atoms with Crippen molar-refractivity contribution >= 4 is 27.6 Å². The van der Waals surface area contributed by atoms with Crippen LogP contribution in [-0.2, 0) is 21.3 Å². The number of esters is 1. The van der Waals surface area contributed by atoms with E-state index in [2.05, 4.69) is 4.74 Å². The molecule has 5 nitrogen and oxygen atoms in total. The fourth-order valence-corrected chi connectivity index (χ4v) is 3.83. The van der Waals surface area contributed by atoms with Crippen molar-refractivity contribution in [1.29, 1.82) is 0 Å². The van der Waals surface area contributed by atoms with E-state index in [1.54, 1.807) is 37.3 Å². The van der Waals surface area contributed by atoms with Crippen molar-refractivity contribution in [2.75, 3.05) is 14.2 Å². The molecule has 0 aliphatic carbocycles. The number of benzene rings is 2. The molecular weight excluding hydrogens is 350 g/mol. The van der Waals surface area contributed by atoms with E-state index in [0.29, 0.717) is 16.1 Å². The fourth-order valence-electron chi connectivity index (χ4n) is 2.24. The summed E-state index contributed by atoms with van der Waals surface area (Å²) in [7, 11) is -1.06. The predicted octanol–water partition coefficient (Wildman–Crippen LogP) is 3.26. The van der Waals surface area contributed by atoms with Crippen LogP contribution in [0.1, 0.15) is 21.5 Å². The zero-order valence-electron chi connectivity index (χ0n) is 13.6. The summed E-state index contributed by atoms with van der Waals surface area (Å²) in [6.07, 6.45) is 0. The minimum atomic E-state index is -3.78. The molecular formula is C17H18ClNO4S. The molecule has 0 saturated heterocycles. The second kappa shape index (κ2) is 7.34. The number of carbonyl (C=O) groups excluding carboxylic acids is 1. The number of aryl methyl sites for hydroxylation is 1. The van der Waals surface area contributed by atoms with Gasteiger partial charge in [-0.1, -0.05) is 35.9 Å². The number of carbonyl (C=O) groups is 1. The maximum atomic E-state index is 12.9. The predicted molar refractivity (Wildman–Crippen MR) is 92.6 cm³/mol. The SMILES string of the molecule is COC(=O)c1ccc(C)c(S(=O)(=O)N(C)Cc2ccccc2Cl)c1. The van der Waals surface area contributed by atoms with Gasteiger partial charge >= 0.3 is 5.97 Å². The molecule has 0 fully saturated rings. The van der Waals surface area contributed by atoms with Crippen LogP contribution in [0.2, 0.25) is 5.02 Å². The summed E-state index contributed by atoms with van der Waals surface area (Å²) in [6, 6.07) is 11.5. The Morgan fingerprint density at radius 3 is 2.50 bits per heavy atom. The average molecular weight is 368 g/mol. The molecule has 7 heteroatoms. The van der Waals surface area contributed by atoms with Crippen molar-refractivity contribution in [2.24, 2.45) is 0 Å². The van der Waals surface area contributed by atoms with Crippen LogP contribution in [0.5, 0.6) is 0 Å². The summed E-state index contributed by atoms with van der Waals surface area (Å²) in [4.78, 5) is 11.7. The number of rotatable bonds is 5. The molecule has 0 bridgehead atoms. The molecule has 0 saturated carbocycles. The number of halogens is 1. The number of hydrogen-bond acceptors (Lipinski definition) is 4. The molecule has 2 aromatic rings. The van der Waals surface area contributed by atoms with Gasteiger partial charge in [0.1, 0.15) is 0 Å². The average Bonchev–Trinajstić information content (AvgIpc) is 2.56. The van der Waals surface area contributed by atoms with E-state index < -0.39 is 16.0 Å². The molecule has 128 valence electrons. The van der Waals surface area contributed by atoms with Crippen LogP contribution < -0.4 is 0 Å². The Morgan fingerprint density at radius 1 is 1.21 bits per heavy atom. The van der Waals surface area contributed by atoms with E-state index in [1.165, 1.54) is 30.6 Å². The van der Waals surface area contributed by atoms with Gasteiger partial charge in [0.15, 0.2) is 0 Å². The van der Waals surface area contributed by atoms with Crippen LogP contribution in [0.3, 0.4) is 0 Å². The molecule has 0 unspecified atom stereocenters. The van der Waals surface area contributed by atoms with Gasteiger partial charge in [-0.2, -0.15) is 4.31 Å². The van der Waals surface area contributed by atoms with Crippen LogP contribution in [0.15, 0.2) is 47.4 Å². The molecule has 0 amide bonds. The minimum Gasteiger partial charge on any atom is -0.465 e. The van der Waals surface area contributed by atoms with Gasteiger partial charge in [-0.15, -0.1) is 0 Å². The Kier molecular flexibility index (Phi) is 5.64. The van der Waals surface area contributed by atoms with E-state index >= 15 is 0 Å². The number of nitrogens with zero attached hydrogens (tertiary/aromatic N) is 1. The van der Waals surface area contributed by atoms with Gasteiger partial charge < -0.3 is 4.74 Å². The highest BCUT2D eigenvalue weighted by Gasteiger charge is 2.25. The molecule has 0 spiro atoms. The second-order valence-electron chi connectivity index (χ2n) is 5.32. The lowest BCUT2D eigenvalue weighted by Gasteiger charge is -2.19. The van der Waals surface area contributed by atoms with E-state index in [-0.39, 0.29) is 17.0 Å². The van der Waals surface area contributed by atoms with Crippen LogP contribution in [-0.4, -0.2) is 32.8 Å². The maximum Gasteiger partial charge on any atom is 0.337 e. The van der Waals surface area contributed by atoms with Crippen molar-refractivity contribution < 1.29 is 17.9 Å². The Labute approximate surface area is 146 Å². The molecule has 0 aliphatic rings. The summed E-state index contributed by atoms with van der Waals surface area (Å²) < 4.78 is 31.6. The van der Waals surface area contributed by atoms with Crippen molar-refractivity contribution in [1.82, 2.24) is 4.31 Å². The molecule has 0 atom stereocenters. The van der Waals surface area contributed by atoms with Crippen LogP contribution in [0, 0.1) is 6.92 Å². The highest BCUT2D eigenvalue weighted by atomic mass is 35.5. The zero-order chi connectivity index (χ0) is 17.9. The highest BCUT2D eigenvalue weighted by molar-refractivity contribution is 7.89. The smallest absolute Gasteiger partial charge is 0.337 e. The topological polar surface area (TPSA) is 63.7 Å². The first-order chi connectivity index (χ1) is 11.3. The maximum absolute atomic E-state index is 12.9. The third-order valence-corrected chi connectivity index (χ3v) is 5.96. The third kappa shape index (κ3) is 3.77. The molecule has 2 aromatic carbocycles. The monoisotopic (exact) mass is 367 g/mol. The molecule has 0 N–H and O–H groups in total. The normalized spacial score (nSPS) is 11.5. The van der Waals surface area contributed by atoms with Crippen LogP contribution >= 0.6 is 11.6 Å². The van der Waals surface area contributed by atoms with Gasteiger partial charge in [0.05, 0.1) is 17.6 Å². The van der Waals surface area contributed by atoms with E-state index in [1.807, 2.05) is 0 Å². The zero-order valence-corrected chi connectivity index (χ0v) is 15.2. The molecule has 24 heavy (non-hydrogen) atoms. The second-order valence-corrected chi connectivity index (χ2v) is 7.74. The van der Waals surface area contributed by atoms with Crippen LogP contribution in [0.4, 0.5) is 0 Å². The summed E-state index contributed by atoms with van der Waals surface area (Å²) >= 11 is 6.10. The van der Waals surface area contributed by atoms with Gasteiger partial charge in [-0.25, -0.2) is 13.2 Å². The first-order valence-electron chi connectivity index (χ1n) is 7.16. The van der Waals surface area contributed by atoms with Crippen molar-refractivity contribution in [3.63, 3.8) is 0 Å². The van der Waals surface area contributed by atoms with Gasteiger partial charge in [0.2, 0.25) is 10.0 Å². The molecule has 0 radical (unpaired) electrons. The standard InChI is InChI=1S/C17H18ClNO4S/c1-12-8-9-13(17(20)23-3)10-16(12)24(21,22)19(2)11-14-6-4-5-7-15(14)18/h4-10H,11H2,1-3H3. The highest BCUT2D eigenvalue weighted by Crippen LogP contribution is 2.24. The lowest BCUT2D eigenvalue weighted by molar-refractivity contribution is 0.0600. The first kappa shape index (κ1) is 18.4. The van der Waals surface area contributed by atoms with Gasteiger partial charge in [-0.05, 0) is 36.2 Å². The largest absolute Gasteiger partial charge is 0.465 e. The van der Waals surface area contributed by atoms with Gasteiger partial charge in [0.25, 0.3) is 0 Å². The Bertz CT molecular complexity index is 865. The summed E-state index contributed by atoms with van der Waals surface area (Å²) in [5, 5.41) is 0.500. The Balaban J connectivity index is 2.39. The van der Waals surface area contributed by atoms with Crippen molar-refractivity contribution in [3.05, 3.63) is 64.2 Å². The van der Waals surface area contributed by atoms with Crippen molar-refractivity contribution in [2.45, 2.75) is 18.4 Å². The summed E-state index contributed by atoms with van der Waals surface area (Å²) in [6.45, 7) is 1.81. The Hall–Kier alpha value is -1.89. The van der Waals surface area contributed by atoms with Gasteiger partial charge in [0, 0.05) is 18.6 Å². The van der Waals surface area contributed by atoms with E-state index in [4.69, 9.17) is 11.6 Å². The quantitative estimate of drug-likeness (QED) is 0.761. The van der Waals surface area contributed by atoms with Crippen LogP contribution in [0.25, 0.3) is 0 Å². The number of ether oxygens (including phenoxy) is 1. The van der Waals surface area contributed by atoms with Crippen molar-refractivity contribution in [3.8, 4) is 0 Å². The lowest BCUT2D eigenvalue weighted by Crippen LogP contribution is -2.27. The fraction of sp³-hybridized carbons (Fsp3) is 0.235. The first-order valence-corrected chi connectivity index (χ1v) is 8.98. The molecule has 2 rings (SSSR count). The number of hydrogen-bond donors (Lipinski definition) is 0. The number of methoxy groups -OCH3 is 1. The van der Waals surface area contributed by atoms with Gasteiger partial charge in [-0.3, -0.25) is 0 Å². The lowest BCUT2D eigenvalue weighted by atomic mass is 10.1. The Morgan fingerprint density at radius 2 is 1.88 bits per heavy atom. The minimum absolute atomic E-state index is 0.0694. The van der Waals surface area contributed by atoms with E-state index in [9.17, 15) is 13.2 Å². The molecule has 0 aliphatic heterocycles. The summed E-state index contributed by atoms with van der Waals surface area (Å²) in [5.41, 5.74) is 1.44. The molecule has 0 heterocycles. The number of sulfonamides is 1. The molecule has 0 aromatic heterocycles. The third-order valence-electron chi connectivity index (χ3n) is 3.65. The summed E-state index contributed by atoms with van der Waals surface area (Å²) in [5.74, 6) is -0.583.